The predicted octanol–water partition coefficient (Wildman–Crippen LogP) is 6.87. The van der Waals surface area contributed by atoms with Gasteiger partial charge in [0.2, 0.25) is 5.95 Å². The summed E-state index contributed by atoms with van der Waals surface area (Å²) < 4.78 is 65.1. The zero-order valence-corrected chi connectivity index (χ0v) is 23.2. The summed E-state index contributed by atoms with van der Waals surface area (Å²) in [6.45, 7) is 3.93. The molecule has 0 aliphatic carbocycles. The Labute approximate surface area is 226 Å². The van der Waals surface area contributed by atoms with Crippen LogP contribution >= 0.6 is 23.5 Å². The fourth-order valence-corrected chi connectivity index (χ4v) is 5.45. The molecule has 3 N–H and O–H groups in total. The summed E-state index contributed by atoms with van der Waals surface area (Å²) in [6, 6.07) is 11.2. The molecule has 38 heavy (non-hydrogen) atoms. The van der Waals surface area contributed by atoms with E-state index in [1.165, 1.54) is 19.2 Å². The van der Waals surface area contributed by atoms with E-state index < -0.39 is 31.1 Å². The number of benzene rings is 2. The lowest BCUT2D eigenvalue weighted by Gasteiger charge is -2.17. The third-order valence-electron chi connectivity index (χ3n) is 5.04. The van der Waals surface area contributed by atoms with Crippen LogP contribution < -0.4 is 16.0 Å². The summed E-state index contributed by atoms with van der Waals surface area (Å²) in [5.41, 5.74) is 0.312. The van der Waals surface area contributed by atoms with Crippen LogP contribution in [-0.4, -0.2) is 36.1 Å². The van der Waals surface area contributed by atoms with E-state index in [0.717, 1.165) is 0 Å². The molecule has 14 heteroatoms. The van der Waals surface area contributed by atoms with Crippen molar-refractivity contribution in [2.24, 2.45) is 0 Å². The molecule has 1 amide bonds. The van der Waals surface area contributed by atoms with Gasteiger partial charge in [0.05, 0.1) is 30.6 Å². The van der Waals surface area contributed by atoms with E-state index in [9.17, 15) is 22.5 Å². The van der Waals surface area contributed by atoms with Gasteiger partial charge < -0.3 is 25.0 Å². The van der Waals surface area contributed by atoms with Crippen molar-refractivity contribution in [3.05, 3.63) is 69.8 Å². The molecule has 3 aromatic rings. The molecular formula is C24H26BrF3N5O4P. The van der Waals surface area contributed by atoms with E-state index in [1.54, 1.807) is 44.2 Å². The minimum atomic E-state index is -4.75. The number of nitrogens with zero attached hydrogens (tertiary/aromatic N) is 2. The molecule has 2 aromatic carbocycles. The number of halogens is 4. The largest absolute Gasteiger partial charge is 0.421 e. The lowest BCUT2D eigenvalue weighted by atomic mass is 10.1. The molecule has 0 fully saturated rings. The molecule has 0 aliphatic heterocycles. The van der Waals surface area contributed by atoms with Gasteiger partial charge in [-0.05, 0) is 49.7 Å². The lowest BCUT2D eigenvalue weighted by Crippen LogP contribution is -2.20. The molecule has 3 rings (SSSR count). The Morgan fingerprint density at radius 1 is 1.05 bits per heavy atom. The first kappa shape index (κ1) is 29.6. The van der Waals surface area contributed by atoms with Crippen molar-refractivity contribution in [1.29, 1.82) is 0 Å². The van der Waals surface area contributed by atoms with Crippen molar-refractivity contribution < 1.29 is 31.6 Å². The van der Waals surface area contributed by atoms with Crippen LogP contribution in [0.5, 0.6) is 0 Å². The number of anilines is 4. The van der Waals surface area contributed by atoms with Crippen LogP contribution in [0.4, 0.5) is 36.3 Å². The highest BCUT2D eigenvalue weighted by atomic mass is 79.9. The topological polar surface area (TPSA) is 114 Å². The standard InChI is InChI=1S/C24H26BrF3N5O4P/c1-4-36-38(35,37-5-2)14-15-6-9-17(10-7-15)31-23-30-13-19(24(26,27)28)21(33-23)32-20-11-8-16(25)12-18(20)22(34)29-3/h6-13H,4-5,14H2,1-3H3,(H,29,34)(H2,30,31,32,33). The Kier molecular flexibility index (Phi) is 9.88. The molecule has 0 radical (unpaired) electrons. The van der Waals surface area contributed by atoms with Crippen molar-refractivity contribution in [1.82, 2.24) is 15.3 Å². The van der Waals surface area contributed by atoms with Crippen LogP contribution in [0.25, 0.3) is 0 Å². The van der Waals surface area contributed by atoms with Crippen molar-refractivity contribution in [3.8, 4) is 0 Å². The second-order valence-electron chi connectivity index (χ2n) is 7.77. The van der Waals surface area contributed by atoms with E-state index in [0.29, 0.717) is 21.9 Å². The van der Waals surface area contributed by atoms with Gasteiger partial charge in [0, 0.05) is 23.4 Å². The van der Waals surface area contributed by atoms with Gasteiger partial charge >= 0.3 is 13.8 Å². The second-order valence-corrected chi connectivity index (χ2v) is 10.7. The molecular weight excluding hydrogens is 590 g/mol. The van der Waals surface area contributed by atoms with Gasteiger partial charge in [0.25, 0.3) is 5.91 Å². The molecule has 1 aromatic heterocycles. The summed E-state index contributed by atoms with van der Waals surface area (Å²) >= 11 is 3.26. The van der Waals surface area contributed by atoms with Gasteiger partial charge in [-0.1, -0.05) is 28.1 Å². The number of nitrogens with one attached hydrogen (secondary N) is 3. The van der Waals surface area contributed by atoms with Gasteiger partial charge in [-0.2, -0.15) is 18.2 Å². The molecule has 0 saturated heterocycles. The van der Waals surface area contributed by atoms with Gasteiger partial charge in [-0.25, -0.2) is 4.98 Å². The smallest absolute Gasteiger partial charge is 0.355 e. The average Bonchev–Trinajstić information content (AvgIpc) is 2.85. The highest BCUT2D eigenvalue weighted by Gasteiger charge is 2.35. The van der Waals surface area contributed by atoms with Crippen LogP contribution in [0.2, 0.25) is 0 Å². The zero-order valence-electron chi connectivity index (χ0n) is 20.7. The molecule has 9 nitrogen and oxygen atoms in total. The van der Waals surface area contributed by atoms with E-state index in [4.69, 9.17) is 9.05 Å². The Morgan fingerprint density at radius 2 is 1.71 bits per heavy atom. The molecule has 0 bridgehead atoms. The van der Waals surface area contributed by atoms with Crippen molar-refractivity contribution in [3.63, 3.8) is 0 Å². The van der Waals surface area contributed by atoms with Crippen LogP contribution in [0, 0.1) is 0 Å². The number of amides is 1. The first-order valence-corrected chi connectivity index (χ1v) is 14.0. The zero-order chi connectivity index (χ0) is 27.9. The lowest BCUT2D eigenvalue weighted by molar-refractivity contribution is -0.137. The SMILES string of the molecule is CCOP(=O)(Cc1ccc(Nc2ncc(C(F)(F)F)c(Nc3ccc(Br)cc3C(=O)NC)n2)cc1)OCC. The van der Waals surface area contributed by atoms with Gasteiger partial charge in [0.15, 0.2) is 0 Å². The van der Waals surface area contributed by atoms with Gasteiger partial charge in [-0.3, -0.25) is 9.36 Å². The molecule has 0 spiro atoms. The van der Waals surface area contributed by atoms with E-state index >= 15 is 0 Å². The summed E-state index contributed by atoms with van der Waals surface area (Å²) in [4.78, 5) is 20.1. The number of rotatable bonds is 11. The predicted molar refractivity (Wildman–Crippen MR) is 142 cm³/mol. The summed E-state index contributed by atoms with van der Waals surface area (Å²) in [5, 5.41) is 7.94. The third-order valence-corrected chi connectivity index (χ3v) is 7.59. The molecule has 1 heterocycles. The van der Waals surface area contributed by atoms with Crippen molar-refractivity contribution >= 4 is 52.6 Å². The van der Waals surface area contributed by atoms with Crippen LogP contribution in [0.1, 0.15) is 35.3 Å². The number of aromatic nitrogens is 2. The van der Waals surface area contributed by atoms with Gasteiger partial charge in [-0.15, -0.1) is 0 Å². The van der Waals surface area contributed by atoms with E-state index in [1.807, 2.05) is 0 Å². The Bertz CT molecular complexity index is 1320. The Hall–Kier alpha value is -2.99. The Morgan fingerprint density at radius 3 is 2.29 bits per heavy atom. The Balaban J connectivity index is 1.88. The summed E-state index contributed by atoms with van der Waals surface area (Å²) in [7, 11) is -1.88. The maximum atomic E-state index is 13.7. The number of carbonyl (C=O) groups is 1. The highest BCUT2D eigenvalue weighted by molar-refractivity contribution is 9.10. The fraction of sp³-hybridized carbons (Fsp3) is 0.292. The fourth-order valence-electron chi connectivity index (χ4n) is 3.39. The minimum absolute atomic E-state index is 0.0701. The summed E-state index contributed by atoms with van der Waals surface area (Å²) in [5.74, 6) is -1.14. The molecule has 0 saturated carbocycles. The molecule has 0 unspecified atom stereocenters. The minimum Gasteiger partial charge on any atom is -0.355 e. The number of hydrogen-bond donors (Lipinski definition) is 3. The number of alkyl halides is 3. The summed E-state index contributed by atoms with van der Waals surface area (Å²) in [6.07, 6.45) is -4.02. The van der Waals surface area contributed by atoms with Crippen LogP contribution in [-0.2, 0) is 26.0 Å². The highest BCUT2D eigenvalue weighted by Crippen LogP contribution is 2.51. The van der Waals surface area contributed by atoms with Crippen molar-refractivity contribution in [2.45, 2.75) is 26.2 Å². The molecule has 204 valence electrons. The average molecular weight is 616 g/mol. The monoisotopic (exact) mass is 615 g/mol. The number of carbonyl (C=O) groups excluding carboxylic acids is 1. The van der Waals surface area contributed by atoms with Crippen LogP contribution in [0.15, 0.2) is 53.1 Å². The molecule has 0 aliphatic rings. The normalized spacial score (nSPS) is 11.8. The van der Waals surface area contributed by atoms with E-state index in [2.05, 4.69) is 41.8 Å². The molecule has 0 atom stereocenters. The number of hydrogen-bond acceptors (Lipinski definition) is 8. The third kappa shape index (κ3) is 7.76. The van der Waals surface area contributed by atoms with Crippen molar-refractivity contribution in [2.75, 3.05) is 30.9 Å². The first-order valence-electron chi connectivity index (χ1n) is 11.4. The maximum Gasteiger partial charge on any atom is 0.421 e. The maximum absolute atomic E-state index is 13.7. The van der Waals surface area contributed by atoms with Crippen LogP contribution in [0.3, 0.4) is 0 Å². The quantitative estimate of drug-likeness (QED) is 0.200. The van der Waals surface area contributed by atoms with E-state index in [-0.39, 0.29) is 36.6 Å². The van der Waals surface area contributed by atoms with Gasteiger partial charge in [0.1, 0.15) is 11.4 Å². The first-order chi connectivity index (χ1) is 18.0. The second kappa shape index (κ2) is 12.7.